The van der Waals surface area contributed by atoms with Crippen molar-refractivity contribution in [3.63, 3.8) is 0 Å². The van der Waals surface area contributed by atoms with Crippen LogP contribution in [0.3, 0.4) is 0 Å². The minimum atomic E-state index is -0.643. The Labute approximate surface area is 173 Å². The van der Waals surface area contributed by atoms with Crippen LogP contribution in [0, 0.1) is 0 Å². The van der Waals surface area contributed by atoms with Crippen LogP contribution >= 0.6 is 11.6 Å². The Balaban J connectivity index is 1.55. The van der Waals surface area contributed by atoms with Crippen molar-refractivity contribution in [2.45, 2.75) is 6.04 Å². The zero-order valence-corrected chi connectivity index (χ0v) is 16.5. The number of hydrogen-bond acceptors (Lipinski definition) is 5. The lowest BCUT2D eigenvalue weighted by Crippen LogP contribution is -2.44. The number of ether oxygens (including phenoxy) is 1. The van der Waals surface area contributed by atoms with Crippen molar-refractivity contribution in [2.24, 2.45) is 0 Å². The minimum Gasteiger partial charge on any atom is -0.422 e. The number of carbonyl (C=O) groups is 1. The molecule has 1 fully saturated rings. The molecule has 29 heavy (non-hydrogen) atoms. The van der Waals surface area contributed by atoms with E-state index < -0.39 is 11.5 Å². The number of nitrogens with one attached hydrogen (secondary N) is 1. The topological polar surface area (TPSA) is 71.8 Å². The van der Waals surface area contributed by atoms with Crippen LogP contribution in [-0.4, -0.2) is 43.7 Å². The van der Waals surface area contributed by atoms with E-state index in [1.165, 1.54) is 0 Å². The number of carbonyl (C=O) groups excluding carboxylic acids is 1. The summed E-state index contributed by atoms with van der Waals surface area (Å²) in [6.07, 6.45) is 0. The Morgan fingerprint density at radius 3 is 2.59 bits per heavy atom. The zero-order chi connectivity index (χ0) is 20.2. The first kappa shape index (κ1) is 19.6. The third-order valence-corrected chi connectivity index (χ3v) is 5.34. The molecule has 0 unspecified atom stereocenters. The molecule has 1 N–H and O–H groups in total. The average molecular weight is 413 g/mol. The maximum atomic E-state index is 12.7. The highest BCUT2D eigenvalue weighted by Crippen LogP contribution is 2.23. The minimum absolute atomic E-state index is 0.000494. The van der Waals surface area contributed by atoms with Gasteiger partial charge in [0.25, 0.3) is 5.91 Å². The van der Waals surface area contributed by atoms with E-state index in [1.807, 2.05) is 30.3 Å². The molecule has 1 aromatic heterocycles. The van der Waals surface area contributed by atoms with Crippen molar-refractivity contribution >= 4 is 28.5 Å². The molecule has 3 aromatic rings. The lowest BCUT2D eigenvalue weighted by molar-refractivity contribution is 0.0162. The average Bonchev–Trinajstić information content (AvgIpc) is 2.75. The number of amides is 1. The molecular weight excluding hydrogens is 392 g/mol. The Bertz CT molecular complexity index is 1060. The van der Waals surface area contributed by atoms with Crippen molar-refractivity contribution < 1.29 is 13.9 Å². The maximum absolute atomic E-state index is 12.7. The highest BCUT2D eigenvalue weighted by Gasteiger charge is 2.24. The molecule has 0 spiro atoms. The molecular formula is C22H21ClN2O4. The first-order valence-corrected chi connectivity index (χ1v) is 9.88. The summed E-state index contributed by atoms with van der Waals surface area (Å²) in [4.78, 5) is 27.3. The molecule has 0 saturated carbocycles. The summed E-state index contributed by atoms with van der Waals surface area (Å²) in [6, 6.07) is 16.2. The summed E-state index contributed by atoms with van der Waals surface area (Å²) in [5.74, 6) is -0.447. The molecule has 0 radical (unpaired) electrons. The summed E-state index contributed by atoms with van der Waals surface area (Å²) >= 11 is 6.03. The Morgan fingerprint density at radius 2 is 1.83 bits per heavy atom. The summed E-state index contributed by atoms with van der Waals surface area (Å²) in [6.45, 7) is 3.17. The first-order valence-electron chi connectivity index (χ1n) is 9.50. The number of para-hydroxylation sites is 1. The van der Waals surface area contributed by atoms with Crippen LogP contribution in [0.2, 0.25) is 5.02 Å². The van der Waals surface area contributed by atoms with E-state index in [1.54, 1.807) is 24.3 Å². The van der Waals surface area contributed by atoms with Gasteiger partial charge in [0.15, 0.2) is 0 Å². The van der Waals surface area contributed by atoms with Crippen molar-refractivity contribution in [3.8, 4) is 0 Å². The second-order valence-corrected chi connectivity index (χ2v) is 7.35. The third-order valence-electron chi connectivity index (χ3n) is 5.08. The highest BCUT2D eigenvalue weighted by molar-refractivity contribution is 6.30. The number of rotatable bonds is 5. The molecule has 0 bridgehead atoms. The van der Waals surface area contributed by atoms with E-state index in [0.29, 0.717) is 35.8 Å². The number of fused-ring (bicyclic) bond motifs is 1. The van der Waals surface area contributed by atoms with Gasteiger partial charge in [-0.15, -0.1) is 0 Å². The standard InChI is InChI=1S/C22H21ClN2O4/c23-17-7-5-15(6-8-17)19(25-9-11-28-12-10-25)14-24-21(26)18-13-16-3-1-2-4-20(16)29-22(18)27/h1-8,13,19H,9-12,14H2,(H,24,26)/t19-/m1/s1. The van der Waals surface area contributed by atoms with Crippen LogP contribution < -0.4 is 10.9 Å². The van der Waals surface area contributed by atoms with E-state index >= 15 is 0 Å². The summed E-state index contributed by atoms with van der Waals surface area (Å²) in [5.41, 5.74) is 0.861. The first-order chi connectivity index (χ1) is 14.1. The fourth-order valence-corrected chi connectivity index (χ4v) is 3.66. The predicted molar refractivity (Wildman–Crippen MR) is 111 cm³/mol. The number of nitrogens with zero attached hydrogens (tertiary/aromatic N) is 1. The van der Waals surface area contributed by atoms with Crippen molar-refractivity contribution in [2.75, 3.05) is 32.8 Å². The van der Waals surface area contributed by atoms with Crippen molar-refractivity contribution in [3.05, 3.63) is 81.2 Å². The third kappa shape index (κ3) is 4.50. The van der Waals surface area contributed by atoms with Gasteiger partial charge in [0.2, 0.25) is 0 Å². The summed E-state index contributed by atoms with van der Waals surface area (Å²) in [5, 5.41) is 4.27. The fraction of sp³-hybridized carbons (Fsp3) is 0.273. The SMILES string of the molecule is O=C(NC[C@H](c1ccc(Cl)cc1)N1CCOCC1)c1cc2ccccc2oc1=O. The fourth-order valence-electron chi connectivity index (χ4n) is 3.54. The van der Waals surface area contributed by atoms with Gasteiger partial charge >= 0.3 is 5.63 Å². The molecule has 2 aromatic carbocycles. The van der Waals surface area contributed by atoms with Crippen LogP contribution in [0.15, 0.2) is 63.8 Å². The molecule has 1 aliphatic heterocycles. The normalized spacial score (nSPS) is 15.9. The van der Waals surface area contributed by atoms with E-state index in [9.17, 15) is 9.59 Å². The molecule has 6 nitrogen and oxygen atoms in total. The molecule has 7 heteroatoms. The number of benzene rings is 2. The second-order valence-electron chi connectivity index (χ2n) is 6.91. The molecule has 1 atom stereocenters. The van der Waals surface area contributed by atoms with Gasteiger partial charge in [0.05, 0.1) is 19.3 Å². The lowest BCUT2D eigenvalue weighted by atomic mass is 10.0. The molecule has 0 aliphatic carbocycles. The summed E-state index contributed by atoms with van der Waals surface area (Å²) in [7, 11) is 0. The second kappa shape index (κ2) is 8.78. The number of morpholine rings is 1. The summed E-state index contributed by atoms with van der Waals surface area (Å²) < 4.78 is 10.7. The highest BCUT2D eigenvalue weighted by atomic mass is 35.5. The van der Waals surface area contributed by atoms with Crippen LogP contribution in [-0.2, 0) is 4.74 Å². The number of halogens is 1. The molecule has 1 amide bonds. The largest absolute Gasteiger partial charge is 0.422 e. The van der Waals surface area contributed by atoms with E-state index in [4.69, 9.17) is 20.8 Å². The van der Waals surface area contributed by atoms with Crippen molar-refractivity contribution in [1.29, 1.82) is 0 Å². The monoisotopic (exact) mass is 412 g/mol. The van der Waals surface area contributed by atoms with Gasteiger partial charge < -0.3 is 14.5 Å². The van der Waals surface area contributed by atoms with Gasteiger partial charge in [0, 0.05) is 30.0 Å². The van der Waals surface area contributed by atoms with Crippen LogP contribution in [0.5, 0.6) is 0 Å². The lowest BCUT2D eigenvalue weighted by Gasteiger charge is -2.35. The quantitative estimate of drug-likeness (QED) is 0.651. The molecule has 2 heterocycles. The van der Waals surface area contributed by atoms with E-state index in [2.05, 4.69) is 10.2 Å². The predicted octanol–water partition coefficient (Wildman–Crippen LogP) is 3.25. The van der Waals surface area contributed by atoms with Crippen LogP contribution in [0.1, 0.15) is 22.0 Å². The van der Waals surface area contributed by atoms with Gasteiger partial charge in [-0.2, -0.15) is 0 Å². The Kier molecular flexibility index (Phi) is 5.94. The van der Waals surface area contributed by atoms with E-state index in [-0.39, 0.29) is 11.6 Å². The Morgan fingerprint density at radius 1 is 1.10 bits per heavy atom. The van der Waals surface area contributed by atoms with Crippen molar-refractivity contribution in [1.82, 2.24) is 10.2 Å². The van der Waals surface area contributed by atoms with Gasteiger partial charge in [-0.25, -0.2) is 4.79 Å². The van der Waals surface area contributed by atoms with Crippen LogP contribution in [0.25, 0.3) is 11.0 Å². The zero-order valence-electron chi connectivity index (χ0n) is 15.8. The van der Waals surface area contributed by atoms with Gasteiger partial charge in [-0.1, -0.05) is 41.9 Å². The van der Waals surface area contributed by atoms with Crippen LogP contribution in [0.4, 0.5) is 0 Å². The van der Waals surface area contributed by atoms with E-state index in [0.717, 1.165) is 18.7 Å². The molecule has 4 rings (SSSR count). The smallest absolute Gasteiger partial charge is 0.349 e. The molecule has 150 valence electrons. The molecule has 1 saturated heterocycles. The molecule has 1 aliphatic rings. The maximum Gasteiger partial charge on any atom is 0.349 e. The van der Waals surface area contributed by atoms with Gasteiger partial charge in [-0.05, 0) is 29.8 Å². The Hall–Kier alpha value is -2.67. The van der Waals surface area contributed by atoms with Gasteiger partial charge in [-0.3, -0.25) is 9.69 Å². The van der Waals surface area contributed by atoms with Gasteiger partial charge in [0.1, 0.15) is 11.1 Å². The number of hydrogen-bond donors (Lipinski definition) is 1.